The fourth-order valence-corrected chi connectivity index (χ4v) is 2.92. The molecule has 6 heteroatoms. The van der Waals surface area contributed by atoms with E-state index in [1.54, 1.807) is 0 Å². The minimum Gasteiger partial charge on any atom is -0.374 e. The summed E-state index contributed by atoms with van der Waals surface area (Å²) in [5.41, 5.74) is 8.13. The Balaban J connectivity index is 2.00. The van der Waals surface area contributed by atoms with Crippen LogP contribution in [0.3, 0.4) is 0 Å². The fraction of sp³-hybridized carbons (Fsp3) is 0.389. The highest BCUT2D eigenvalue weighted by atomic mass is 16.5. The average Bonchev–Trinajstić information content (AvgIpc) is 2.94. The number of pyridine rings is 1. The minimum atomic E-state index is -0.255. The van der Waals surface area contributed by atoms with Crippen molar-refractivity contribution in [1.82, 2.24) is 14.5 Å². The lowest BCUT2D eigenvalue weighted by Gasteiger charge is -2.10. The molecule has 0 unspecified atom stereocenters. The second kappa shape index (κ2) is 7.40. The Hall–Kier alpha value is -2.47. The van der Waals surface area contributed by atoms with Gasteiger partial charge in [-0.2, -0.15) is 0 Å². The molecule has 0 aliphatic carbocycles. The Morgan fingerprint density at radius 3 is 2.88 bits per heavy atom. The molecule has 0 bridgehead atoms. The van der Waals surface area contributed by atoms with E-state index in [1.165, 1.54) is 0 Å². The van der Waals surface area contributed by atoms with Crippen molar-refractivity contribution in [2.24, 2.45) is 5.73 Å². The maximum Gasteiger partial charge on any atom is 0.217 e. The van der Waals surface area contributed by atoms with Crippen LogP contribution < -0.4 is 5.73 Å². The second-order valence-electron chi connectivity index (χ2n) is 5.75. The maximum atomic E-state index is 10.9. The summed E-state index contributed by atoms with van der Waals surface area (Å²) in [6.45, 7) is 3.86. The number of para-hydroxylation sites is 1. The molecule has 0 radical (unpaired) electrons. The smallest absolute Gasteiger partial charge is 0.217 e. The third-order valence-corrected chi connectivity index (χ3v) is 4.05. The third kappa shape index (κ3) is 3.38. The number of aryl methyl sites for hydroxylation is 1. The van der Waals surface area contributed by atoms with E-state index in [4.69, 9.17) is 15.5 Å². The van der Waals surface area contributed by atoms with Gasteiger partial charge in [0.1, 0.15) is 17.9 Å². The molecule has 3 aromatic rings. The highest BCUT2D eigenvalue weighted by Crippen LogP contribution is 2.25. The first-order valence-corrected chi connectivity index (χ1v) is 8.29. The van der Waals surface area contributed by atoms with Gasteiger partial charge in [-0.15, -0.1) is 0 Å². The van der Waals surface area contributed by atoms with Crippen molar-refractivity contribution in [2.45, 2.75) is 39.3 Å². The van der Waals surface area contributed by atoms with Crippen LogP contribution in [0.2, 0.25) is 0 Å². The van der Waals surface area contributed by atoms with E-state index in [2.05, 4.69) is 15.6 Å². The number of hydrogen-bond donors (Lipinski definition) is 1. The zero-order valence-electron chi connectivity index (χ0n) is 13.9. The van der Waals surface area contributed by atoms with Gasteiger partial charge in [0.05, 0.1) is 17.2 Å². The molecule has 24 heavy (non-hydrogen) atoms. The number of fused-ring (bicyclic) bond motifs is 3. The zero-order chi connectivity index (χ0) is 16.9. The van der Waals surface area contributed by atoms with Gasteiger partial charge in [0.2, 0.25) is 5.91 Å². The number of imidazole rings is 1. The Morgan fingerprint density at radius 1 is 1.25 bits per heavy atom. The predicted molar refractivity (Wildman–Crippen MR) is 93.4 cm³/mol. The van der Waals surface area contributed by atoms with E-state index < -0.39 is 0 Å². The van der Waals surface area contributed by atoms with Crippen molar-refractivity contribution < 1.29 is 9.53 Å². The van der Waals surface area contributed by atoms with Gasteiger partial charge in [-0.05, 0) is 25.8 Å². The van der Waals surface area contributed by atoms with Crippen LogP contribution in [0.5, 0.6) is 0 Å². The number of carbonyl (C=O) groups excluding carboxylic acids is 1. The number of nitrogens with two attached hydrogens (primary N) is 1. The molecule has 1 amide bonds. The molecule has 2 aromatic heterocycles. The number of nitrogens with zero attached hydrogens (tertiary/aromatic N) is 3. The predicted octanol–water partition coefficient (Wildman–Crippen LogP) is 2.78. The van der Waals surface area contributed by atoms with Crippen molar-refractivity contribution in [3.63, 3.8) is 0 Å². The van der Waals surface area contributed by atoms with E-state index in [1.807, 2.05) is 31.3 Å². The summed E-state index contributed by atoms with van der Waals surface area (Å²) in [4.78, 5) is 20.1. The number of unbranched alkanes of at least 4 members (excludes halogenated alkanes) is 1. The van der Waals surface area contributed by atoms with Crippen molar-refractivity contribution in [2.75, 3.05) is 6.61 Å². The SMILES string of the molecule is CCOCc1nc2cnc3ccccc3c2n1CCCCC(N)=O. The molecule has 0 spiro atoms. The molecule has 0 saturated carbocycles. The van der Waals surface area contributed by atoms with Crippen LogP contribution in [0.15, 0.2) is 30.5 Å². The molecule has 0 saturated heterocycles. The summed E-state index contributed by atoms with van der Waals surface area (Å²) in [6, 6.07) is 8.06. The molecule has 0 aliphatic heterocycles. The van der Waals surface area contributed by atoms with Gasteiger partial charge < -0.3 is 15.0 Å². The van der Waals surface area contributed by atoms with Crippen LogP contribution in [0, 0.1) is 0 Å². The Bertz CT molecular complexity index is 857. The summed E-state index contributed by atoms with van der Waals surface area (Å²) < 4.78 is 7.76. The molecule has 0 fully saturated rings. The van der Waals surface area contributed by atoms with Gasteiger partial charge in [0.15, 0.2) is 0 Å². The first-order chi connectivity index (χ1) is 11.7. The van der Waals surface area contributed by atoms with E-state index in [0.29, 0.717) is 19.6 Å². The van der Waals surface area contributed by atoms with Crippen molar-refractivity contribution in [1.29, 1.82) is 0 Å². The van der Waals surface area contributed by atoms with E-state index in [9.17, 15) is 4.79 Å². The lowest BCUT2D eigenvalue weighted by Crippen LogP contribution is -2.11. The number of carbonyl (C=O) groups is 1. The van der Waals surface area contributed by atoms with Gasteiger partial charge in [0, 0.05) is 25.0 Å². The van der Waals surface area contributed by atoms with Crippen LogP contribution in [0.25, 0.3) is 21.9 Å². The van der Waals surface area contributed by atoms with Crippen LogP contribution in [0.1, 0.15) is 32.0 Å². The molecule has 6 nitrogen and oxygen atoms in total. The number of rotatable bonds is 8. The van der Waals surface area contributed by atoms with Gasteiger partial charge in [0.25, 0.3) is 0 Å². The topological polar surface area (TPSA) is 83.0 Å². The van der Waals surface area contributed by atoms with E-state index in [-0.39, 0.29) is 5.91 Å². The number of primary amides is 1. The van der Waals surface area contributed by atoms with E-state index in [0.717, 1.165) is 47.1 Å². The highest BCUT2D eigenvalue weighted by molar-refractivity contribution is 6.02. The van der Waals surface area contributed by atoms with Crippen LogP contribution in [0.4, 0.5) is 0 Å². The summed E-state index contributed by atoms with van der Waals surface area (Å²) in [5.74, 6) is 0.638. The molecule has 2 heterocycles. The monoisotopic (exact) mass is 326 g/mol. The molecule has 126 valence electrons. The Labute approximate surface area is 140 Å². The first-order valence-electron chi connectivity index (χ1n) is 8.29. The summed E-state index contributed by atoms with van der Waals surface area (Å²) >= 11 is 0. The standard InChI is InChI=1S/C18H22N4O2/c1-2-24-12-17-21-15-11-20-14-8-4-3-7-13(14)18(15)22(17)10-6-5-9-16(19)23/h3-4,7-8,11H,2,5-6,9-10,12H2,1H3,(H2,19,23). The normalized spacial score (nSPS) is 11.4. The van der Waals surface area contributed by atoms with Crippen LogP contribution in [-0.2, 0) is 22.7 Å². The summed E-state index contributed by atoms with van der Waals surface area (Å²) in [6.07, 6.45) is 3.86. The van der Waals surface area contributed by atoms with Gasteiger partial charge >= 0.3 is 0 Å². The summed E-state index contributed by atoms with van der Waals surface area (Å²) in [7, 11) is 0. The Kier molecular flexibility index (Phi) is 5.05. The van der Waals surface area contributed by atoms with Crippen molar-refractivity contribution >= 4 is 27.8 Å². The number of benzene rings is 1. The molecule has 2 N–H and O–H groups in total. The molecular weight excluding hydrogens is 304 g/mol. The minimum absolute atomic E-state index is 0.255. The Morgan fingerprint density at radius 2 is 2.08 bits per heavy atom. The number of aromatic nitrogens is 3. The van der Waals surface area contributed by atoms with Gasteiger partial charge in [-0.1, -0.05) is 18.2 Å². The quantitative estimate of drug-likeness (QED) is 0.645. The lowest BCUT2D eigenvalue weighted by atomic mass is 10.2. The van der Waals surface area contributed by atoms with Crippen molar-refractivity contribution in [3.05, 3.63) is 36.3 Å². The number of ether oxygens (including phenoxy) is 1. The maximum absolute atomic E-state index is 10.9. The molecule has 3 rings (SSSR count). The van der Waals surface area contributed by atoms with Gasteiger partial charge in [-0.25, -0.2) is 4.98 Å². The molecule has 0 aliphatic rings. The van der Waals surface area contributed by atoms with Crippen LogP contribution >= 0.6 is 0 Å². The highest BCUT2D eigenvalue weighted by Gasteiger charge is 2.14. The van der Waals surface area contributed by atoms with Crippen LogP contribution in [-0.4, -0.2) is 27.0 Å². The van der Waals surface area contributed by atoms with E-state index >= 15 is 0 Å². The molecule has 0 atom stereocenters. The molecule has 1 aromatic carbocycles. The van der Waals surface area contributed by atoms with Gasteiger partial charge in [-0.3, -0.25) is 9.78 Å². The number of amides is 1. The zero-order valence-corrected chi connectivity index (χ0v) is 13.9. The molecular formula is C18H22N4O2. The fourth-order valence-electron chi connectivity index (χ4n) is 2.92. The lowest BCUT2D eigenvalue weighted by molar-refractivity contribution is -0.118. The average molecular weight is 326 g/mol. The first kappa shape index (κ1) is 16.4. The van der Waals surface area contributed by atoms with Crippen molar-refractivity contribution in [3.8, 4) is 0 Å². The third-order valence-electron chi connectivity index (χ3n) is 4.05. The summed E-state index contributed by atoms with van der Waals surface area (Å²) in [5, 5.41) is 1.08. The second-order valence-corrected chi connectivity index (χ2v) is 5.75. The number of hydrogen-bond acceptors (Lipinski definition) is 4. The largest absolute Gasteiger partial charge is 0.374 e.